The molecule has 0 bridgehead atoms. The Bertz CT molecular complexity index is 1740. The Kier molecular flexibility index (Phi) is 4.65. The van der Waals surface area contributed by atoms with Gasteiger partial charge in [-0.1, -0.05) is 0 Å². The highest BCUT2D eigenvalue weighted by Crippen LogP contribution is 2.62. The fourth-order valence-electron chi connectivity index (χ4n) is 5.82. The quantitative estimate of drug-likeness (QED) is 0.172. The molecule has 3 aromatic rings. The van der Waals surface area contributed by atoms with Crippen LogP contribution in [0.25, 0.3) is 0 Å². The number of carbonyl (C=O) groups excluding carboxylic acids is 4. The molecular formula is C28H12F6O8. The number of alkyl halides is 6. The molecule has 14 heteroatoms. The van der Waals surface area contributed by atoms with Crippen LogP contribution in [0.3, 0.4) is 0 Å². The molecule has 0 saturated carbocycles. The van der Waals surface area contributed by atoms with Crippen molar-refractivity contribution in [1.29, 1.82) is 0 Å². The first-order chi connectivity index (χ1) is 19.5. The van der Waals surface area contributed by atoms with E-state index in [1.54, 1.807) is 0 Å². The molecule has 0 saturated heterocycles. The predicted molar refractivity (Wildman–Crippen MR) is 124 cm³/mol. The standard InChI is InChI=1S/C28H12F6O8/c1-25(27(29,30)31)13-3-9-11(23(37)41-21(9)35)5-17(13)39-19-8-20-16(7-15(19)25)26(2,28(32,33)34)14-4-10-12(6-18(14)40-20)24(38)42-22(10)36/h3-8H,1-2H3. The number of hydrogen-bond acceptors (Lipinski definition) is 8. The van der Waals surface area contributed by atoms with Gasteiger partial charge in [0, 0.05) is 28.3 Å². The third-order valence-electron chi connectivity index (χ3n) is 8.30. The van der Waals surface area contributed by atoms with Crippen molar-refractivity contribution in [3.05, 3.63) is 80.9 Å². The van der Waals surface area contributed by atoms with Crippen LogP contribution in [0.2, 0.25) is 0 Å². The Balaban J connectivity index is 1.51. The summed E-state index contributed by atoms with van der Waals surface area (Å²) in [5.74, 6) is -6.56. The van der Waals surface area contributed by atoms with Gasteiger partial charge in [-0.2, -0.15) is 26.3 Å². The number of carbonyl (C=O) groups is 4. The molecule has 42 heavy (non-hydrogen) atoms. The van der Waals surface area contributed by atoms with E-state index in [4.69, 9.17) is 9.47 Å². The Morgan fingerprint density at radius 1 is 0.452 bits per heavy atom. The second-order valence-corrected chi connectivity index (χ2v) is 10.4. The van der Waals surface area contributed by atoms with Crippen molar-refractivity contribution in [3.63, 3.8) is 0 Å². The minimum atomic E-state index is -5.15. The molecule has 0 spiro atoms. The number of ether oxygens (including phenoxy) is 4. The molecule has 4 aliphatic heterocycles. The third kappa shape index (κ3) is 2.98. The Labute approximate surface area is 229 Å². The number of benzene rings is 3. The topological polar surface area (TPSA) is 105 Å². The zero-order chi connectivity index (χ0) is 30.3. The lowest BCUT2D eigenvalue weighted by Crippen LogP contribution is -2.45. The number of hydrogen-bond donors (Lipinski definition) is 0. The molecule has 0 N–H and O–H groups in total. The van der Waals surface area contributed by atoms with Crippen molar-refractivity contribution < 1.29 is 64.5 Å². The van der Waals surface area contributed by atoms with E-state index in [0.29, 0.717) is 19.9 Å². The van der Waals surface area contributed by atoms with Crippen molar-refractivity contribution in [3.8, 4) is 23.0 Å². The highest BCUT2D eigenvalue weighted by Gasteiger charge is 2.62. The minimum Gasteiger partial charge on any atom is -0.457 e. The van der Waals surface area contributed by atoms with Gasteiger partial charge in [-0.15, -0.1) is 0 Å². The van der Waals surface area contributed by atoms with Crippen LogP contribution in [-0.2, 0) is 20.3 Å². The van der Waals surface area contributed by atoms with Gasteiger partial charge >= 0.3 is 36.2 Å². The van der Waals surface area contributed by atoms with Gasteiger partial charge in [-0.3, -0.25) is 0 Å². The highest BCUT2D eigenvalue weighted by atomic mass is 19.4. The lowest BCUT2D eigenvalue weighted by atomic mass is 9.68. The predicted octanol–water partition coefficient (Wildman–Crippen LogP) is 6.26. The first-order valence-electron chi connectivity index (χ1n) is 12.0. The molecule has 8 nitrogen and oxygen atoms in total. The Morgan fingerprint density at radius 2 is 0.738 bits per heavy atom. The second-order valence-electron chi connectivity index (χ2n) is 10.4. The first kappa shape index (κ1) is 26.0. The van der Waals surface area contributed by atoms with Crippen LogP contribution in [0.15, 0.2) is 36.4 Å². The van der Waals surface area contributed by atoms with Gasteiger partial charge in [0.25, 0.3) is 0 Å². The summed E-state index contributed by atoms with van der Waals surface area (Å²) in [5.41, 5.74) is -10.4. The molecule has 4 heterocycles. The van der Waals surface area contributed by atoms with Crippen molar-refractivity contribution in [2.75, 3.05) is 0 Å². The van der Waals surface area contributed by atoms with Crippen LogP contribution in [-0.4, -0.2) is 36.2 Å². The van der Waals surface area contributed by atoms with Crippen LogP contribution < -0.4 is 9.47 Å². The maximum absolute atomic E-state index is 15.0. The molecule has 7 rings (SSSR count). The summed E-state index contributed by atoms with van der Waals surface area (Å²) in [7, 11) is 0. The van der Waals surface area contributed by atoms with Crippen molar-refractivity contribution in [2.45, 2.75) is 37.0 Å². The summed E-state index contributed by atoms with van der Waals surface area (Å²) in [5, 5.41) is 0. The molecule has 3 aromatic carbocycles. The molecule has 0 radical (unpaired) electrons. The first-order valence-corrected chi connectivity index (χ1v) is 12.0. The maximum Gasteiger partial charge on any atom is 0.402 e. The van der Waals surface area contributed by atoms with Crippen LogP contribution in [0.1, 0.15) is 77.5 Å². The summed E-state index contributed by atoms with van der Waals surface area (Å²) >= 11 is 0. The van der Waals surface area contributed by atoms with E-state index in [-0.39, 0.29) is 11.1 Å². The van der Waals surface area contributed by atoms with E-state index in [1.807, 2.05) is 0 Å². The Morgan fingerprint density at radius 3 is 1.07 bits per heavy atom. The summed E-state index contributed by atoms with van der Waals surface area (Å²) < 4.78 is 110. The van der Waals surface area contributed by atoms with Crippen LogP contribution in [0, 0.1) is 0 Å². The molecule has 214 valence electrons. The fourth-order valence-corrected chi connectivity index (χ4v) is 5.82. The molecule has 2 atom stereocenters. The van der Waals surface area contributed by atoms with Gasteiger partial charge in [-0.25, -0.2) is 19.2 Å². The number of cyclic esters (lactones) is 4. The number of rotatable bonds is 0. The molecule has 0 amide bonds. The Hall–Kier alpha value is -4.88. The van der Waals surface area contributed by atoms with E-state index >= 15 is 0 Å². The summed E-state index contributed by atoms with van der Waals surface area (Å²) in [6.07, 6.45) is -10.3. The zero-order valence-corrected chi connectivity index (χ0v) is 21.0. The van der Waals surface area contributed by atoms with Gasteiger partial charge in [0.2, 0.25) is 0 Å². The third-order valence-corrected chi connectivity index (χ3v) is 8.30. The van der Waals surface area contributed by atoms with Gasteiger partial charge in [0.05, 0.1) is 22.3 Å². The van der Waals surface area contributed by atoms with Crippen LogP contribution in [0.4, 0.5) is 26.3 Å². The summed E-state index contributed by atoms with van der Waals surface area (Å²) in [6, 6.07) is 4.92. The van der Waals surface area contributed by atoms with E-state index < -0.39 is 103 Å². The normalized spacial score (nSPS) is 23.4. The molecule has 0 fully saturated rings. The van der Waals surface area contributed by atoms with Gasteiger partial charge in [0.15, 0.2) is 0 Å². The van der Waals surface area contributed by atoms with Crippen molar-refractivity contribution >= 4 is 23.9 Å². The van der Waals surface area contributed by atoms with E-state index in [9.17, 15) is 45.5 Å². The molecule has 0 aromatic heterocycles. The minimum absolute atomic E-state index is 0.338. The van der Waals surface area contributed by atoms with Gasteiger partial charge in [-0.05, 0) is 44.2 Å². The van der Waals surface area contributed by atoms with E-state index in [2.05, 4.69) is 9.47 Å². The van der Waals surface area contributed by atoms with Crippen LogP contribution >= 0.6 is 0 Å². The summed E-state index contributed by atoms with van der Waals surface area (Å²) in [6.45, 7) is 1.43. The fraction of sp³-hybridized carbons (Fsp3) is 0.214. The van der Waals surface area contributed by atoms with Crippen LogP contribution in [0.5, 0.6) is 23.0 Å². The largest absolute Gasteiger partial charge is 0.457 e. The smallest absolute Gasteiger partial charge is 0.402 e. The number of fused-ring (bicyclic) bond motifs is 6. The van der Waals surface area contributed by atoms with E-state index in [0.717, 1.165) is 30.3 Å². The monoisotopic (exact) mass is 590 g/mol. The SMILES string of the molecule is CC1(C(F)(F)F)c2cc3c(cc2Oc2cc4c(cc21)C(C)(C(F)(F)F)c1cc2c(cc1O4)C(=O)OC2=O)C(=O)OC3=O. The highest BCUT2D eigenvalue weighted by molar-refractivity contribution is 6.16. The van der Waals surface area contributed by atoms with Gasteiger partial charge < -0.3 is 18.9 Å². The average Bonchev–Trinajstić information content (AvgIpc) is 3.33. The van der Waals surface area contributed by atoms with Crippen molar-refractivity contribution in [1.82, 2.24) is 0 Å². The average molecular weight is 590 g/mol. The lowest BCUT2D eigenvalue weighted by Gasteiger charge is -2.43. The molecular weight excluding hydrogens is 578 g/mol. The maximum atomic E-state index is 15.0. The van der Waals surface area contributed by atoms with Gasteiger partial charge in [0.1, 0.15) is 33.8 Å². The number of halogens is 6. The van der Waals surface area contributed by atoms with E-state index in [1.165, 1.54) is 0 Å². The number of esters is 4. The molecule has 4 aliphatic rings. The lowest BCUT2D eigenvalue weighted by molar-refractivity contribution is -0.176. The van der Waals surface area contributed by atoms with Crippen molar-refractivity contribution in [2.24, 2.45) is 0 Å². The molecule has 0 aliphatic carbocycles. The molecule has 2 unspecified atom stereocenters. The second kappa shape index (κ2) is 7.49. The zero-order valence-electron chi connectivity index (χ0n) is 21.0. The summed E-state index contributed by atoms with van der Waals surface area (Å²) in [4.78, 5) is 48.4.